The van der Waals surface area contributed by atoms with Crippen molar-refractivity contribution in [1.82, 2.24) is 9.78 Å². The fourth-order valence-corrected chi connectivity index (χ4v) is 3.32. The number of aromatic nitrogens is 2. The van der Waals surface area contributed by atoms with Gasteiger partial charge in [0.05, 0.1) is 5.39 Å². The molecule has 1 atom stereocenters. The minimum atomic E-state index is -1.32. The van der Waals surface area contributed by atoms with Gasteiger partial charge < -0.3 is 10.4 Å². The molecule has 3 aromatic carbocycles. The zero-order valence-electron chi connectivity index (χ0n) is 16.0. The van der Waals surface area contributed by atoms with Gasteiger partial charge in [-0.25, -0.2) is 13.9 Å². The zero-order valence-corrected chi connectivity index (χ0v) is 16.0. The van der Waals surface area contributed by atoms with Gasteiger partial charge in [-0.1, -0.05) is 48.5 Å². The Morgan fingerprint density at radius 2 is 1.52 bits per heavy atom. The monoisotopic (exact) mass is 417 g/mol. The number of rotatable bonds is 5. The van der Waals surface area contributed by atoms with Gasteiger partial charge in [0, 0.05) is 11.1 Å². The Balaban J connectivity index is 1.90. The first-order chi connectivity index (χ1) is 15.0. The van der Waals surface area contributed by atoms with E-state index in [-0.39, 0.29) is 16.5 Å². The maximum atomic E-state index is 13.2. The number of hydrogen-bond donors (Lipinski definition) is 2. The highest BCUT2D eigenvalue weighted by Gasteiger charge is 2.28. The lowest BCUT2D eigenvalue weighted by atomic mass is 10.1. The number of hydrogen-bond acceptors (Lipinski definition) is 4. The van der Waals surface area contributed by atoms with E-state index in [2.05, 4.69) is 10.4 Å². The summed E-state index contributed by atoms with van der Waals surface area (Å²) in [6.45, 7) is 0. The van der Waals surface area contributed by atoms with Crippen LogP contribution in [0.25, 0.3) is 10.8 Å². The van der Waals surface area contributed by atoms with Crippen LogP contribution in [0.4, 0.5) is 10.1 Å². The van der Waals surface area contributed by atoms with Crippen LogP contribution in [-0.4, -0.2) is 26.8 Å². The molecular formula is C23H16FN3O4. The zero-order chi connectivity index (χ0) is 22.0. The van der Waals surface area contributed by atoms with E-state index >= 15 is 0 Å². The van der Waals surface area contributed by atoms with Crippen molar-refractivity contribution in [2.24, 2.45) is 0 Å². The average molecular weight is 417 g/mol. The first kappa shape index (κ1) is 20.0. The van der Waals surface area contributed by atoms with Crippen molar-refractivity contribution in [3.63, 3.8) is 0 Å². The fourth-order valence-electron chi connectivity index (χ4n) is 3.32. The van der Waals surface area contributed by atoms with Crippen molar-refractivity contribution >= 4 is 28.3 Å². The lowest BCUT2D eigenvalue weighted by Crippen LogP contribution is -2.37. The van der Waals surface area contributed by atoms with E-state index in [9.17, 15) is 23.9 Å². The second kappa shape index (κ2) is 8.19. The Kier molecular flexibility index (Phi) is 5.28. The molecule has 1 heterocycles. The summed E-state index contributed by atoms with van der Waals surface area (Å²) in [4.78, 5) is 38.2. The number of amides is 1. The van der Waals surface area contributed by atoms with Gasteiger partial charge in [-0.2, -0.15) is 5.10 Å². The molecule has 0 aliphatic carbocycles. The number of fused-ring (bicyclic) bond motifs is 1. The lowest BCUT2D eigenvalue weighted by molar-refractivity contribution is -0.118. The standard InChI is InChI=1S/C23H16FN3O4/c24-15-10-12-16(13-11-15)25-21(28)20(14-6-2-1-3-7-14)27-22(29)18-9-5-4-8-17(18)19(26-27)23(30)31/h1-13,20H,(H,25,28)(H,30,31). The predicted molar refractivity (Wildman–Crippen MR) is 113 cm³/mol. The van der Waals surface area contributed by atoms with Gasteiger partial charge in [-0.3, -0.25) is 9.59 Å². The van der Waals surface area contributed by atoms with Crippen molar-refractivity contribution in [2.75, 3.05) is 5.32 Å². The summed E-state index contributed by atoms with van der Waals surface area (Å²) in [5.41, 5.74) is -0.197. The van der Waals surface area contributed by atoms with Gasteiger partial charge in [0.25, 0.3) is 11.5 Å². The SMILES string of the molecule is O=C(O)c1nn(C(C(=O)Nc2ccc(F)cc2)c2ccccc2)c(=O)c2ccccc12. The van der Waals surface area contributed by atoms with Crippen LogP contribution < -0.4 is 10.9 Å². The van der Waals surface area contributed by atoms with E-state index in [4.69, 9.17) is 0 Å². The highest BCUT2D eigenvalue weighted by Crippen LogP contribution is 2.22. The van der Waals surface area contributed by atoms with Gasteiger partial charge in [-0.15, -0.1) is 0 Å². The molecule has 0 bridgehead atoms. The Labute approximate surface area is 175 Å². The summed E-state index contributed by atoms with van der Waals surface area (Å²) in [5, 5.41) is 16.6. The molecule has 0 aliphatic heterocycles. The summed E-state index contributed by atoms with van der Waals surface area (Å²) in [6.07, 6.45) is 0. The molecule has 31 heavy (non-hydrogen) atoms. The van der Waals surface area contributed by atoms with E-state index in [1.165, 1.54) is 36.4 Å². The maximum absolute atomic E-state index is 13.2. The third-order valence-corrected chi connectivity index (χ3v) is 4.75. The number of nitrogens with one attached hydrogen (secondary N) is 1. The Morgan fingerprint density at radius 3 is 2.16 bits per heavy atom. The molecule has 0 saturated heterocycles. The third kappa shape index (κ3) is 3.91. The minimum absolute atomic E-state index is 0.130. The quantitative estimate of drug-likeness (QED) is 0.518. The second-order valence-corrected chi connectivity index (χ2v) is 6.76. The highest BCUT2D eigenvalue weighted by atomic mass is 19.1. The van der Waals surface area contributed by atoms with E-state index in [1.54, 1.807) is 42.5 Å². The Hall–Kier alpha value is -4.33. The largest absolute Gasteiger partial charge is 0.476 e. The van der Waals surface area contributed by atoms with Gasteiger partial charge in [0.15, 0.2) is 11.7 Å². The molecule has 2 N–H and O–H groups in total. The van der Waals surface area contributed by atoms with Crippen molar-refractivity contribution < 1.29 is 19.1 Å². The molecular weight excluding hydrogens is 401 g/mol. The van der Waals surface area contributed by atoms with Gasteiger partial charge in [0.1, 0.15) is 5.82 Å². The van der Waals surface area contributed by atoms with Crippen LogP contribution in [0.5, 0.6) is 0 Å². The van der Waals surface area contributed by atoms with Crippen LogP contribution in [0.3, 0.4) is 0 Å². The summed E-state index contributed by atoms with van der Waals surface area (Å²) >= 11 is 0. The first-order valence-electron chi connectivity index (χ1n) is 9.32. The van der Waals surface area contributed by atoms with Gasteiger partial charge in [0.2, 0.25) is 0 Å². The molecule has 4 aromatic rings. The predicted octanol–water partition coefficient (Wildman–Crippen LogP) is 3.46. The third-order valence-electron chi connectivity index (χ3n) is 4.75. The topological polar surface area (TPSA) is 101 Å². The molecule has 0 saturated carbocycles. The Morgan fingerprint density at radius 1 is 0.903 bits per heavy atom. The molecule has 8 heteroatoms. The minimum Gasteiger partial charge on any atom is -0.476 e. The van der Waals surface area contributed by atoms with Crippen LogP contribution in [0, 0.1) is 5.82 Å². The summed E-state index contributed by atoms with van der Waals surface area (Å²) in [7, 11) is 0. The first-order valence-corrected chi connectivity index (χ1v) is 9.32. The number of carbonyl (C=O) groups is 2. The molecule has 7 nitrogen and oxygen atoms in total. The second-order valence-electron chi connectivity index (χ2n) is 6.76. The molecule has 1 unspecified atom stereocenters. The van der Waals surface area contributed by atoms with Crippen LogP contribution in [0.2, 0.25) is 0 Å². The molecule has 1 aromatic heterocycles. The number of benzene rings is 3. The van der Waals surface area contributed by atoms with Crippen molar-refractivity contribution in [3.05, 3.63) is 106 Å². The highest BCUT2D eigenvalue weighted by molar-refractivity contribution is 6.01. The molecule has 154 valence electrons. The molecule has 0 radical (unpaired) electrons. The molecule has 0 spiro atoms. The number of aromatic carboxylic acids is 1. The Bertz CT molecular complexity index is 1330. The van der Waals surface area contributed by atoms with Crippen LogP contribution in [0.1, 0.15) is 22.1 Å². The van der Waals surface area contributed by atoms with Crippen molar-refractivity contribution in [1.29, 1.82) is 0 Å². The van der Waals surface area contributed by atoms with Crippen LogP contribution in [0.15, 0.2) is 83.7 Å². The van der Waals surface area contributed by atoms with E-state index in [0.717, 1.165) is 4.68 Å². The molecule has 0 fully saturated rings. The number of carboxylic acid groups (broad SMARTS) is 1. The van der Waals surface area contributed by atoms with Crippen LogP contribution >= 0.6 is 0 Å². The fraction of sp³-hybridized carbons (Fsp3) is 0.0435. The summed E-state index contributed by atoms with van der Waals surface area (Å²) in [6, 6.07) is 18.5. The van der Waals surface area contributed by atoms with Gasteiger partial charge in [-0.05, 0) is 35.9 Å². The number of carbonyl (C=O) groups excluding carboxylic acids is 1. The van der Waals surface area contributed by atoms with E-state index in [1.807, 2.05) is 0 Å². The number of halogens is 1. The summed E-state index contributed by atoms with van der Waals surface area (Å²) in [5.74, 6) is -2.41. The molecule has 1 amide bonds. The van der Waals surface area contributed by atoms with Gasteiger partial charge >= 0.3 is 5.97 Å². The lowest BCUT2D eigenvalue weighted by Gasteiger charge is -2.20. The normalized spacial score (nSPS) is 11.8. The number of anilines is 1. The average Bonchev–Trinajstić information content (AvgIpc) is 2.78. The molecule has 0 aliphatic rings. The van der Waals surface area contributed by atoms with Crippen molar-refractivity contribution in [3.8, 4) is 0 Å². The number of nitrogens with zero attached hydrogens (tertiary/aromatic N) is 2. The van der Waals surface area contributed by atoms with E-state index in [0.29, 0.717) is 11.3 Å². The smallest absolute Gasteiger partial charge is 0.357 e. The molecule has 4 rings (SSSR count). The summed E-state index contributed by atoms with van der Waals surface area (Å²) < 4.78 is 14.1. The van der Waals surface area contributed by atoms with E-state index < -0.39 is 29.3 Å². The van der Waals surface area contributed by atoms with Crippen molar-refractivity contribution in [2.45, 2.75) is 6.04 Å². The maximum Gasteiger partial charge on any atom is 0.357 e. The van der Waals surface area contributed by atoms with Crippen LogP contribution in [-0.2, 0) is 4.79 Å². The number of carboxylic acids is 1.